The zero-order valence-electron chi connectivity index (χ0n) is 15.5. The molecule has 2 aromatic carbocycles. The van der Waals surface area contributed by atoms with Crippen molar-refractivity contribution >= 4 is 11.6 Å². The summed E-state index contributed by atoms with van der Waals surface area (Å²) in [4.78, 5) is 14.5. The topological polar surface area (TPSA) is 50.8 Å². The second kappa shape index (κ2) is 7.74. The van der Waals surface area contributed by atoms with Crippen LogP contribution in [0, 0.1) is 0 Å². The molecule has 5 heteroatoms. The zero-order chi connectivity index (χ0) is 18.6. The molecule has 1 N–H and O–H groups in total. The van der Waals surface area contributed by atoms with E-state index >= 15 is 0 Å². The smallest absolute Gasteiger partial charge is 0.318 e. The van der Waals surface area contributed by atoms with E-state index in [1.807, 2.05) is 48.2 Å². The molecular weight excluding hydrogens is 340 g/mol. The van der Waals surface area contributed by atoms with Gasteiger partial charge in [0.1, 0.15) is 13.2 Å². The molecule has 0 fully saturated rings. The lowest BCUT2D eigenvalue weighted by atomic mass is 10.00. The van der Waals surface area contributed by atoms with Gasteiger partial charge in [0, 0.05) is 13.1 Å². The minimum absolute atomic E-state index is 0.0410. The molecule has 0 saturated carbocycles. The van der Waals surface area contributed by atoms with E-state index < -0.39 is 0 Å². The molecule has 2 heterocycles. The molecule has 2 amide bonds. The van der Waals surface area contributed by atoms with Crippen LogP contribution in [0.3, 0.4) is 0 Å². The number of hydrogen-bond donors (Lipinski definition) is 1. The average molecular weight is 364 g/mol. The van der Waals surface area contributed by atoms with Gasteiger partial charge in [-0.15, -0.1) is 0 Å². The molecule has 0 saturated heterocycles. The molecule has 5 nitrogen and oxygen atoms in total. The first kappa shape index (κ1) is 17.5. The lowest BCUT2D eigenvalue weighted by Crippen LogP contribution is -2.43. The largest absolute Gasteiger partial charge is 0.486 e. The predicted octanol–water partition coefficient (Wildman–Crippen LogP) is 4.02. The summed E-state index contributed by atoms with van der Waals surface area (Å²) in [5, 5.41) is 3.09. The first-order valence-corrected chi connectivity index (χ1v) is 9.40. The molecule has 0 spiro atoms. The number of carbonyl (C=O) groups excluding carboxylic acids is 1. The number of nitrogens with zero attached hydrogens (tertiary/aromatic N) is 1. The molecule has 0 radical (unpaired) electrons. The van der Waals surface area contributed by atoms with Gasteiger partial charge in [0.15, 0.2) is 11.5 Å². The number of benzene rings is 2. The van der Waals surface area contributed by atoms with E-state index in [4.69, 9.17) is 9.47 Å². The fourth-order valence-corrected chi connectivity index (χ4v) is 3.46. The fraction of sp³-hybridized carbons (Fsp3) is 0.318. The Kier molecular flexibility index (Phi) is 5.01. The monoisotopic (exact) mass is 364 g/mol. The highest BCUT2D eigenvalue weighted by molar-refractivity contribution is 5.77. The fourth-order valence-electron chi connectivity index (χ4n) is 3.46. The van der Waals surface area contributed by atoms with Crippen LogP contribution in [-0.4, -0.2) is 37.2 Å². The van der Waals surface area contributed by atoms with Gasteiger partial charge in [-0.25, -0.2) is 4.79 Å². The molecule has 0 aromatic heterocycles. The van der Waals surface area contributed by atoms with Crippen molar-refractivity contribution in [2.45, 2.75) is 19.4 Å². The van der Waals surface area contributed by atoms with Crippen LogP contribution >= 0.6 is 0 Å². The third-order valence-corrected chi connectivity index (χ3v) is 5.05. The van der Waals surface area contributed by atoms with Crippen molar-refractivity contribution in [2.24, 2.45) is 0 Å². The molecule has 0 bridgehead atoms. The van der Waals surface area contributed by atoms with Crippen LogP contribution < -0.4 is 14.8 Å². The second-order valence-electron chi connectivity index (χ2n) is 6.87. The van der Waals surface area contributed by atoms with Crippen LogP contribution in [0.15, 0.2) is 54.6 Å². The van der Waals surface area contributed by atoms with E-state index in [1.54, 1.807) is 0 Å². The third kappa shape index (κ3) is 3.92. The summed E-state index contributed by atoms with van der Waals surface area (Å²) in [5.74, 6) is 1.51. The molecule has 140 valence electrons. The van der Waals surface area contributed by atoms with Crippen LogP contribution in [0.1, 0.15) is 30.5 Å². The van der Waals surface area contributed by atoms with E-state index in [0.717, 1.165) is 30.0 Å². The Labute approximate surface area is 159 Å². The molecule has 1 unspecified atom stereocenters. The van der Waals surface area contributed by atoms with Gasteiger partial charge >= 0.3 is 6.03 Å². The first-order valence-electron chi connectivity index (χ1n) is 9.40. The molecular formula is C22H24N2O3. The van der Waals surface area contributed by atoms with E-state index in [0.29, 0.717) is 19.8 Å². The van der Waals surface area contributed by atoms with Crippen molar-refractivity contribution in [1.82, 2.24) is 10.2 Å². The Hall–Kier alpha value is -2.95. The van der Waals surface area contributed by atoms with Gasteiger partial charge in [-0.2, -0.15) is 0 Å². The Morgan fingerprint density at radius 2 is 1.85 bits per heavy atom. The second-order valence-corrected chi connectivity index (χ2v) is 6.87. The molecule has 0 aliphatic carbocycles. The summed E-state index contributed by atoms with van der Waals surface area (Å²) in [6.45, 7) is 4.47. The number of rotatable bonds is 3. The molecule has 27 heavy (non-hydrogen) atoms. The highest BCUT2D eigenvalue weighted by Gasteiger charge is 2.21. The normalized spacial score (nSPS) is 17.1. The van der Waals surface area contributed by atoms with Crippen molar-refractivity contribution in [3.63, 3.8) is 0 Å². The Morgan fingerprint density at radius 3 is 2.59 bits per heavy atom. The van der Waals surface area contributed by atoms with Gasteiger partial charge in [-0.3, -0.25) is 0 Å². The molecule has 2 aromatic rings. The minimum atomic E-state index is -0.104. The maximum atomic E-state index is 12.6. The number of hydrogen-bond acceptors (Lipinski definition) is 3. The van der Waals surface area contributed by atoms with Gasteiger partial charge in [-0.1, -0.05) is 42.5 Å². The number of amides is 2. The highest BCUT2D eigenvalue weighted by Crippen LogP contribution is 2.32. The first-order chi connectivity index (χ1) is 13.2. The Morgan fingerprint density at radius 1 is 1.07 bits per heavy atom. The number of ether oxygens (including phenoxy) is 2. The van der Waals surface area contributed by atoms with Crippen LogP contribution in [0.4, 0.5) is 4.79 Å². The summed E-state index contributed by atoms with van der Waals surface area (Å²) in [6, 6.07) is 16.0. The lowest BCUT2D eigenvalue weighted by molar-refractivity contribution is 0.171. The number of fused-ring (bicyclic) bond motifs is 1. The molecule has 2 aliphatic heterocycles. The molecule has 4 rings (SSSR count). The molecule has 2 aliphatic rings. The standard InChI is InChI=1S/C22H24N2O3/c1-16(19-7-8-20-21(15-19)27-14-13-26-20)23-22(25)24-11-9-18(10-12-24)17-5-3-2-4-6-17/h2-9,15-16H,10-14H2,1H3,(H,23,25). The quantitative estimate of drug-likeness (QED) is 0.895. The number of nitrogens with one attached hydrogen (secondary N) is 1. The van der Waals surface area contributed by atoms with Gasteiger partial charge in [0.05, 0.1) is 6.04 Å². The summed E-state index contributed by atoms with van der Waals surface area (Å²) in [5.41, 5.74) is 3.55. The van der Waals surface area contributed by atoms with Crippen molar-refractivity contribution in [2.75, 3.05) is 26.3 Å². The van der Waals surface area contributed by atoms with Gasteiger partial charge in [-0.05, 0) is 42.2 Å². The maximum Gasteiger partial charge on any atom is 0.318 e. The molecule has 1 atom stereocenters. The van der Waals surface area contributed by atoms with Crippen LogP contribution in [-0.2, 0) is 0 Å². The SMILES string of the molecule is CC(NC(=O)N1CC=C(c2ccccc2)CC1)c1ccc2c(c1)OCCO2. The van der Waals surface area contributed by atoms with Crippen molar-refractivity contribution < 1.29 is 14.3 Å². The maximum absolute atomic E-state index is 12.6. The van der Waals surface area contributed by atoms with Gasteiger partial charge < -0.3 is 19.7 Å². The predicted molar refractivity (Wildman–Crippen MR) is 105 cm³/mol. The summed E-state index contributed by atoms with van der Waals surface area (Å²) < 4.78 is 11.2. The lowest BCUT2D eigenvalue weighted by Gasteiger charge is -2.28. The third-order valence-electron chi connectivity index (χ3n) is 5.05. The van der Waals surface area contributed by atoms with E-state index in [1.165, 1.54) is 11.1 Å². The Balaban J connectivity index is 1.37. The number of urea groups is 1. The van der Waals surface area contributed by atoms with Crippen molar-refractivity contribution in [3.8, 4) is 11.5 Å². The van der Waals surface area contributed by atoms with Crippen LogP contribution in [0.5, 0.6) is 11.5 Å². The van der Waals surface area contributed by atoms with E-state index in [2.05, 4.69) is 23.5 Å². The zero-order valence-corrected chi connectivity index (χ0v) is 15.5. The average Bonchev–Trinajstić information content (AvgIpc) is 2.74. The van der Waals surface area contributed by atoms with Crippen molar-refractivity contribution in [1.29, 1.82) is 0 Å². The van der Waals surface area contributed by atoms with Crippen LogP contribution in [0.2, 0.25) is 0 Å². The van der Waals surface area contributed by atoms with Crippen molar-refractivity contribution in [3.05, 3.63) is 65.7 Å². The summed E-state index contributed by atoms with van der Waals surface area (Å²) >= 11 is 0. The van der Waals surface area contributed by atoms with E-state index in [9.17, 15) is 4.79 Å². The van der Waals surface area contributed by atoms with E-state index in [-0.39, 0.29) is 12.1 Å². The van der Waals surface area contributed by atoms with Gasteiger partial charge in [0.25, 0.3) is 0 Å². The number of carbonyl (C=O) groups is 1. The van der Waals surface area contributed by atoms with Crippen LogP contribution in [0.25, 0.3) is 5.57 Å². The highest BCUT2D eigenvalue weighted by atomic mass is 16.6. The minimum Gasteiger partial charge on any atom is -0.486 e. The Bertz CT molecular complexity index is 848. The van der Waals surface area contributed by atoms with Gasteiger partial charge in [0.2, 0.25) is 0 Å². The summed E-state index contributed by atoms with van der Waals surface area (Å²) in [7, 11) is 0. The summed E-state index contributed by atoms with van der Waals surface area (Å²) in [6.07, 6.45) is 3.02.